The Hall–Kier alpha value is -1.59. The van der Waals surface area contributed by atoms with Crippen molar-refractivity contribution in [3.63, 3.8) is 0 Å². The summed E-state index contributed by atoms with van der Waals surface area (Å²) in [6.07, 6.45) is 1.38. The van der Waals surface area contributed by atoms with E-state index in [1.807, 2.05) is 0 Å². The minimum Gasteiger partial charge on any atom is -0.448 e. The summed E-state index contributed by atoms with van der Waals surface area (Å²) in [5.41, 5.74) is 0.744. The monoisotopic (exact) mass is 168 g/mol. The molecule has 1 aromatic heterocycles. The molecule has 6 nitrogen and oxygen atoms in total. The first kappa shape index (κ1) is 7.08. The van der Waals surface area contributed by atoms with Crippen molar-refractivity contribution in [2.75, 3.05) is 13.2 Å². The Morgan fingerprint density at radius 2 is 2.67 bits per heavy atom. The number of hydrogen-bond donors (Lipinski definition) is 1. The second-order valence-electron chi connectivity index (χ2n) is 2.50. The Kier molecular flexibility index (Phi) is 1.65. The van der Waals surface area contributed by atoms with Crippen LogP contribution in [0.15, 0.2) is 6.20 Å². The quantitative estimate of drug-likeness (QED) is 0.661. The smallest absolute Gasteiger partial charge is 0.410 e. The topological polar surface area (TPSA) is 71.1 Å². The lowest BCUT2D eigenvalue weighted by molar-refractivity contribution is 0.157. The van der Waals surface area contributed by atoms with E-state index in [1.165, 1.54) is 0 Å². The molecule has 6 heteroatoms. The number of carbonyl (C=O) groups excluding carboxylic acids is 1. The molecule has 1 amide bonds. The lowest BCUT2D eigenvalue weighted by Gasteiger charge is -2.08. The van der Waals surface area contributed by atoms with Crippen molar-refractivity contribution in [1.29, 1.82) is 0 Å². The van der Waals surface area contributed by atoms with Gasteiger partial charge in [0.1, 0.15) is 12.3 Å². The van der Waals surface area contributed by atoms with Gasteiger partial charge in [-0.2, -0.15) is 0 Å². The molecule has 64 valence electrons. The fourth-order valence-corrected chi connectivity index (χ4v) is 1.07. The molecule has 0 unspecified atom stereocenters. The van der Waals surface area contributed by atoms with Gasteiger partial charge in [0.15, 0.2) is 0 Å². The molecule has 1 saturated heterocycles. The summed E-state index contributed by atoms with van der Waals surface area (Å²) in [7, 11) is 0. The van der Waals surface area contributed by atoms with Crippen molar-refractivity contribution in [2.24, 2.45) is 0 Å². The zero-order valence-corrected chi connectivity index (χ0v) is 6.36. The van der Waals surface area contributed by atoms with E-state index >= 15 is 0 Å². The molecule has 0 atom stereocenters. The van der Waals surface area contributed by atoms with Crippen LogP contribution in [0.5, 0.6) is 0 Å². The van der Waals surface area contributed by atoms with Crippen LogP contribution >= 0.6 is 0 Å². The van der Waals surface area contributed by atoms with E-state index < -0.39 is 0 Å². The van der Waals surface area contributed by atoms with Crippen molar-refractivity contribution >= 4 is 6.09 Å². The van der Waals surface area contributed by atoms with E-state index in [2.05, 4.69) is 15.4 Å². The lowest BCUT2D eigenvalue weighted by atomic mass is 10.4. The number of cyclic esters (lactones) is 1. The highest BCUT2D eigenvalue weighted by Gasteiger charge is 2.22. The predicted molar refractivity (Wildman–Crippen MR) is 38.1 cm³/mol. The minimum atomic E-state index is -0.280. The van der Waals surface area contributed by atoms with Gasteiger partial charge in [-0.05, 0) is 0 Å². The number of nitrogens with one attached hydrogen (secondary N) is 1. The van der Waals surface area contributed by atoms with Gasteiger partial charge >= 0.3 is 6.09 Å². The Bertz CT molecular complexity index is 271. The molecule has 1 aliphatic heterocycles. The SMILES string of the molecule is O=C1OCCN1Cc1c[nH]nn1. The van der Waals surface area contributed by atoms with E-state index in [4.69, 9.17) is 4.74 Å². The van der Waals surface area contributed by atoms with Gasteiger partial charge in [-0.3, -0.25) is 10.00 Å². The molecule has 0 radical (unpaired) electrons. The van der Waals surface area contributed by atoms with Crippen molar-refractivity contribution in [1.82, 2.24) is 20.3 Å². The first-order valence-corrected chi connectivity index (χ1v) is 3.63. The Morgan fingerprint density at radius 1 is 1.75 bits per heavy atom. The molecule has 12 heavy (non-hydrogen) atoms. The number of carbonyl (C=O) groups is 1. The van der Waals surface area contributed by atoms with Gasteiger partial charge in [-0.1, -0.05) is 5.21 Å². The number of rotatable bonds is 2. The van der Waals surface area contributed by atoms with Gasteiger partial charge in [-0.25, -0.2) is 4.79 Å². The summed E-state index contributed by atoms with van der Waals surface area (Å²) in [5, 5.41) is 9.87. The van der Waals surface area contributed by atoms with Crippen LogP contribution in [0.25, 0.3) is 0 Å². The number of ether oxygens (including phenoxy) is 1. The maximum absolute atomic E-state index is 10.9. The molecule has 1 fully saturated rings. The third-order valence-electron chi connectivity index (χ3n) is 1.67. The average Bonchev–Trinajstić information content (AvgIpc) is 2.65. The van der Waals surface area contributed by atoms with Crippen LogP contribution in [0.3, 0.4) is 0 Å². The minimum absolute atomic E-state index is 0.280. The molecule has 1 aliphatic rings. The summed E-state index contributed by atoms with van der Waals surface area (Å²) in [5.74, 6) is 0. The maximum Gasteiger partial charge on any atom is 0.410 e. The first-order chi connectivity index (χ1) is 5.86. The van der Waals surface area contributed by atoms with Crippen LogP contribution in [0.1, 0.15) is 5.69 Å². The summed E-state index contributed by atoms with van der Waals surface area (Å²) in [6, 6.07) is 0. The van der Waals surface area contributed by atoms with Crippen LogP contribution in [0.4, 0.5) is 4.79 Å². The molecule has 2 heterocycles. The molecule has 0 aromatic carbocycles. The molecule has 0 bridgehead atoms. The molecular weight excluding hydrogens is 160 g/mol. The van der Waals surface area contributed by atoms with Crippen molar-refractivity contribution < 1.29 is 9.53 Å². The lowest BCUT2D eigenvalue weighted by Crippen LogP contribution is -2.23. The van der Waals surface area contributed by atoms with E-state index in [9.17, 15) is 4.79 Å². The zero-order chi connectivity index (χ0) is 8.39. The maximum atomic E-state index is 10.9. The average molecular weight is 168 g/mol. The number of hydrogen-bond acceptors (Lipinski definition) is 4. The van der Waals surface area contributed by atoms with Crippen LogP contribution < -0.4 is 0 Å². The molecule has 2 rings (SSSR count). The van der Waals surface area contributed by atoms with Crippen molar-refractivity contribution in [2.45, 2.75) is 6.54 Å². The second-order valence-corrected chi connectivity index (χ2v) is 2.50. The number of nitrogens with zero attached hydrogens (tertiary/aromatic N) is 3. The molecular formula is C6H8N4O2. The number of aromatic amines is 1. The first-order valence-electron chi connectivity index (χ1n) is 3.63. The third kappa shape index (κ3) is 1.23. The predicted octanol–water partition coefficient (Wildman–Crippen LogP) is -0.243. The van der Waals surface area contributed by atoms with Crippen LogP contribution in [0.2, 0.25) is 0 Å². The van der Waals surface area contributed by atoms with Crippen LogP contribution in [-0.4, -0.2) is 39.6 Å². The number of aromatic nitrogens is 3. The normalized spacial score (nSPS) is 16.7. The van der Waals surface area contributed by atoms with Gasteiger partial charge < -0.3 is 4.74 Å². The summed E-state index contributed by atoms with van der Waals surface area (Å²) >= 11 is 0. The standard InChI is InChI=1S/C6H8N4O2/c11-6-10(1-2-12-6)4-5-3-7-9-8-5/h3H,1-2,4H2,(H,7,8,9). The van der Waals surface area contributed by atoms with Gasteiger partial charge in [-0.15, -0.1) is 5.10 Å². The highest BCUT2D eigenvalue weighted by molar-refractivity contribution is 5.69. The molecule has 1 N–H and O–H groups in total. The van der Waals surface area contributed by atoms with Gasteiger partial charge in [0.2, 0.25) is 0 Å². The molecule has 1 aromatic rings. The Labute approximate surface area is 68.5 Å². The molecule has 0 aliphatic carbocycles. The fourth-order valence-electron chi connectivity index (χ4n) is 1.07. The van der Waals surface area contributed by atoms with Gasteiger partial charge in [0, 0.05) is 6.20 Å². The highest BCUT2D eigenvalue weighted by Crippen LogP contribution is 2.06. The Morgan fingerprint density at radius 3 is 3.25 bits per heavy atom. The van der Waals surface area contributed by atoms with Crippen LogP contribution in [0, 0.1) is 0 Å². The fraction of sp³-hybridized carbons (Fsp3) is 0.500. The van der Waals surface area contributed by atoms with E-state index in [0.29, 0.717) is 19.7 Å². The number of H-pyrrole nitrogens is 1. The largest absolute Gasteiger partial charge is 0.448 e. The zero-order valence-electron chi connectivity index (χ0n) is 6.36. The van der Waals surface area contributed by atoms with Crippen LogP contribution in [-0.2, 0) is 11.3 Å². The molecule has 0 spiro atoms. The summed E-state index contributed by atoms with van der Waals surface area (Å²) in [6.45, 7) is 1.57. The molecule has 0 saturated carbocycles. The second kappa shape index (κ2) is 2.80. The Balaban J connectivity index is 1.99. The summed E-state index contributed by atoms with van der Waals surface area (Å²) < 4.78 is 4.74. The van der Waals surface area contributed by atoms with Crippen molar-refractivity contribution in [3.05, 3.63) is 11.9 Å². The van der Waals surface area contributed by atoms with E-state index in [1.54, 1.807) is 11.1 Å². The van der Waals surface area contributed by atoms with E-state index in [0.717, 1.165) is 5.69 Å². The third-order valence-corrected chi connectivity index (χ3v) is 1.67. The van der Waals surface area contributed by atoms with Crippen molar-refractivity contribution in [3.8, 4) is 0 Å². The van der Waals surface area contributed by atoms with Gasteiger partial charge in [0.05, 0.1) is 13.1 Å². The summed E-state index contributed by atoms with van der Waals surface area (Å²) in [4.78, 5) is 12.5. The van der Waals surface area contributed by atoms with Gasteiger partial charge in [0.25, 0.3) is 0 Å². The highest BCUT2D eigenvalue weighted by atomic mass is 16.6. The number of amides is 1. The van der Waals surface area contributed by atoms with E-state index in [-0.39, 0.29) is 6.09 Å².